The Bertz CT molecular complexity index is 1310. The third kappa shape index (κ3) is 6.34. The number of hydrogen-bond donors (Lipinski definition) is 0. The maximum atomic E-state index is 13.5. The van der Waals surface area contributed by atoms with Gasteiger partial charge in [0.15, 0.2) is 6.10 Å². The summed E-state index contributed by atoms with van der Waals surface area (Å²) >= 11 is 24.4. The minimum atomic E-state index is -4.63. The Morgan fingerprint density at radius 2 is 1.64 bits per heavy atom. The first kappa shape index (κ1) is 27.9. The molecule has 12 heteroatoms. The third-order valence-corrected chi connectivity index (χ3v) is 6.15. The number of alkyl halides is 4. The van der Waals surface area contributed by atoms with Gasteiger partial charge in [-0.3, -0.25) is 4.79 Å². The lowest BCUT2D eigenvalue weighted by Crippen LogP contribution is -2.44. The monoisotopic (exact) mass is 579 g/mol. The lowest BCUT2D eigenvalue weighted by atomic mass is 9.92. The summed E-state index contributed by atoms with van der Waals surface area (Å²) in [7, 11) is 0. The number of Topliss-reactive ketones (excluding diaryl/α,β-unsaturated/α-hetero) is 1. The van der Waals surface area contributed by atoms with Crippen LogP contribution in [-0.2, 0) is 15.8 Å². The molecule has 0 aliphatic heterocycles. The van der Waals surface area contributed by atoms with Crippen molar-refractivity contribution in [3.05, 3.63) is 92.7 Å². The fourth-order valence-corrected chi connectivity index (χ4v) is 4.16. The molecule has 3 rings (SSSR count). The summed E-state index contributed by atoms with van der Waals surface area (Å²) in [5.41, 5.74) is -1.08. The number of ketones is 1. The second-order valence-electron chi connectivity index (χ2n) is 7.27. The van der Waals surface area contributed by atoms with Gasteiger partial charge in [0.05, 0.1) is 16.7 Å². The fraction of sp³-hybridized carbons (Fsp3) is 0.167. The van der Waals surface area contributed by atoms with Gasteiger partial charge in [0.25, 0.3) is 0 Å². The Morgan fingerprint density at radius 1 is 0.972 bits per heavy atom. The number of carbonyl (C=O) groups excluding carboxylic acids is 1. The molecule has 0 saturated heterocycles. The van der Waals surface area contributed by atoms with Crippen LogP contribution < -0.4 is 9.47 Å². The largest absolute Gasteiger partial charge is 0.488 e. The van der Waals surface area contributed by atoms with Gasteiger partial charge in [-0.05, 0) is 54.6 Å². The summed E-state index contributed by atoms with van der Waals surface area (Å²) in [4.78, 5) is 11.1. The molecule has 0 radical (unpaired) electrons. The lowest BCUT2D eigenvalue weighted by molar-refractivity contribution is -0.137. The van der Waals surface area contributed by atoms with Crippen molar-refractivity contribution in [3.63, 3.8) is 0 Å². The second-order valence-corrected chi connectivity index (χ2v) is 9.09. The Balaban J connectivity index is 1.95. The number of rotatable bonds is 8. The summed E-state index contributed by atoms with van der Waals surface area (Å²) < 4.78 is 63.2. The number of nitriles is 1. The van der Waals surface area contributed by atoms with Gasteiger partial charge >= 0.3 is 6.18 Å². The molecule has 3 aromatic carbocycles. The molecule has 0 amide bonds. The normalized spacial score (nSPS) is 13.9. The summed E-state index contributed by atoms with van der Waals surface area (Å²) in [6, 6.07) is 12.6. The minimum absolute atomic E-state index is 0.0241. The van der Waals surface area contributed by atoms with Crippen LogP contribution in [0.25, 0.3) is 0 Å². The molecule has 2 unspecified atom stereocenters. The smallest absolute Gasteiger partial charge is 0.416 e. The van der Waals surface area contributed by atoms with Gasteiger partial charge in [-0.2, -0.15) is 18.4 Å². The molecule has 2 atom stereocenters. The zero-order chi connectivity index (χ0) is 26.7. The van der Waals surface area contributed by atoms with Crippen LogP contribution in [0, 0.1) is 17.1 Å². The predicted molar refractivity (Wildman–Crippen MR) is 127 cm³/mol. The van der Waals surface area contributed by atoms with Gasteiger partial charge in [-0.25, -0.2) is 4.39 Å². The van der Waals surface area contributed by atoms with Crippen LogP contribution >= 0.6 is 46.4 Å². The van der Waals surface area contributed by atoms with Crippen LogP contribution in [0.2, 0.25) is 15.1 Å². The molecular weight excluding hydrogens is 568 g/mol. The van der Waals surface area contributed by atoms with Gasteiger partial charge in [0, 0.05) is 15.6 Å². The molecule has 0 spiro atoms. The van der Waals surface area contributed by atoms with Crippen molar-refractivity contribution in [1.29, 1.82) is 5.26 Å². The van der Waals surface area contributed by atoms with E-state index in [0.717, 1.165) is 24.3 Å². The zero-order valence-corrected chi connectivity index (χ0v) is 20.8. The van der Waals surface area contributed by atoms with Gasteiger partial charge in [-0.15, -0.1) is 0 Å². The van der Waals surface area contributed by atoms with E-state index in [9.17, 15) is 27.6 Å². The Morgan fingerprint density at radius 3 is 2.19 bits per heavy atom. The number of benzene rings is 3. The number of carbonyl (C=O) groups is 1. The second kappa shape index (κ2) is 11.1. The quantitative estimate of drug-likeness (QED) is 0.201. The average molecular weight is 581 g/mol. The highest BCUT2D eigenvalue weighted by atomic mass is 35.5. The van der Waals surface area contributed by atoms with Crippen molar-refractivity contribution in [2.45, 2.75) is 17.2 Å². The third-order valence-electron chi connectivity index (χ3n) is 4.83. The van der Waals surface area contributed by atoms with Crippen molar-refractivity contribution >= 4 is 52.2 Å². The SMILES string of the molecule is N#CC(Cl)(C(=O)C(COc1ccc(C(F)(F)F)cc1Cl)Oc1ccc(F)cc1)c1ccc(Cl)cc1Cl. The van der Waals surface area contributed by atoms with Crippen LogP contribution in [0.5, 0.6) is 11.5 Å². The van der Waals surface area contributed by atoms with Crippen LogP contribution in [0.1, 0.15) is 11.1 Å². The van der Waals surface area contributed by atoms with E-state index in [1.54, 1.807) is 6.07 Å². The van der Waals surface area contributed by atoms with Crippen molar-refractivity contribution in [3.8, 4) is 17.6 Å². The van der Waals surface area contributed by atoms with E-state index >= 15 is 0 Å². The van der Waals surface area contributed by atoms with Gasteiger partial charge < -0.3 is 9.47 Å². The molecule has 0 aromatic heterocycles. The summed E-state index contributed by atoms with van der Waals surface area (Å²) in [5, 5.41) is 9.60. The molecular formula is C24H13Cl4F4NO3. The zero-order valence-electron chi connectivity index (χ0n) is 17.8. The molecule has 0 fully saturated rings. The van der Waals surface area contributed by atoms with E-state index in [1.165, 1.54) is 30.3 Å². The fourth-order valence-electron chi connectivity index (χ4n) is 3.04. The number of halogens is 8. The first-order valence-corrected chi connectivity index (χ1v) is 11.4. The van der Waals surface area contributed by atoms with Crippen molar-refractivity contribution < 1.29 is 31.8 Å². The minimum Gasteiger partial charge on any atom is -0.488 e. The first-order chi connectivity index (χ1) is 16.8. The van der Waals surface area contributed by atoms with Gasteiger partial charge in [0.1, 0.15) is 23.9 Å². The number of hydrogen-bond acceptors (Lipinski definition) is 4. The summed E-state index contributed by atoms with van der Waals surface area (Å²) in [6.07, 6.45) is -6.23. The molecule has 0 aliphatic rings. The molecule has 4 nitrogen and oxygen atoms in total. The number of nitrogens with zero attached hydrogens (tertiary/aromatic N) is 1. The highest BCUT2D eigenvalue weighted by molar-refractivity contribution is 6.41. The van der Waals surface area contributed by atoms with Crippen LogP contribution in [0.3, 0.4) is 0 Å². The average Bonchev–Trinajstić information content (AvgIpc) is 2.82. The molecule has 188 valence electrons. The van der Waals surface area contributed by atoms with Gasteiger partial charge in [0.2, 0.25) is 10.7 Å². The molecule has 0 bridgehead atoms. The van der Waals surface area contributed by atoms with E-state index in [2.05, 4.69) is 0 Å². The van der Waals surface area contributed by atoms with Crippen molar-refractivity contribution in [2.24, 2.45) is 0 Å². The van der Waals surface area contributed by atoms with Gasteiger partial charge in [-0.1, -0.05) is 52.5 Å². The maximum Gasteiger partial charge on any atom is 0.416 e. The highest BCUT2D eigenvalue weighted by Gasteiger charge is 2.45. The van der Waals surface area contributed by atoms with E-state index in [1.807, 2.05) is 0 Å². The Kier molecular flexibility index (Phi) is 8.63. The lowest BCUT2D eigenvalue weighted by Gasteiger charge is -2.26. The maximum absolute atomic E-state index is 13.5. The molecule has 3 aromatic rings. The molecule has 0 aliphatic carbocycles. The predicted octanol–water partition coefficient (Wildman–Crippen LogP) is 7.86. The summed E-state index contributed by atoms with van der Waals surface area (Å²) in [5.74, 6) is -1.75. The summed E-state index contributed by atoms with van der Waals surface area (Å²) in [6.45, 7) is -0.622. The van der Waals surface area contributed by atoms with Crippen molar-refractivity contribution in [1.82, 2.24) is 0 Å². The van der Waals surface area contributed by atoms with Crippen LogP contribution in [0.15, 0.2) is 60.7 Å². The van der Waals surface area contributed by atoms with E-state index in [-0.39, 0.29) is 32.1 Å². The Hall–Kier alpha value is -2.70. The van der Waals surface area contributed by atoms with Crippen LogP contribution in [0.4, 0.5) is 17.6 Å². The van der Waals surface area contributed by atoms with Crippen LogP contribution in [-0.4, -0.2) is 18.5 Å². The topological polar surface area (TPSA) is 59.3 Å². The first-order valence-electron chi connectivity index (χ1n) is 9.87. The standard InChI is InChI=1S/C24H13Cl4F4NO3/c25-14-2-7-17(18(26)10-14)23(28,12-33)22(34)21(36-16-5-3-15(29)4-6-16)11-35-20-8-1-13(9-19(20)27)24(30,31)32/h1-10,21H,11H2. The molecule has 0 N–H and O–H groups in total. The van der Waals surface area contributed by atoms with E-state index in [0.29, 0.717) is 6.07 Å². The molecule has 0 saturated carbocycles. The van der Waals surface area contributed by atoms with E-state index in [4.69, 9.17) is 55.9 Å². The van der Waals surface area contributed by atoms with Crippen molar-refractivity contribution in [2.75, 3.05) is 6.61 Å². The Labute approximate surface area is 222 Å². The highest BCUT2D eigenvalue weighted by Crippen LogP contribution is 2.38. The molecule has 0 heterocycles. The van der Waals surface area contributed by atoms with E-state index < -0.39 is 40.9 Å². The molecule has 36 heavy (non-hydrogen) atoms. The number of ether oxygens (including phenoxy) is 2.